The van der Waals surface area contributed by atoms with Gasteiger partial charge in [-0.3, -0.25) is 4.79 Å². The van der Waals surface area contributed by atoms with Gasteiger partial charge in [0.2, 0.25) is 0 Å². The lowest BCUT2D eigenvalue weighted by atomic mass is 10.1. The zero-order valence-corrected chi connectivity index (χ0v) is 6.30. The highest BCUT2D eigenvalue weighted by Gasteiger charge is 2.03. The van der Waals surface area contributed by atoms with Crippen molar-refractivity contribution < 1.29 is 9.18 Å². The molecule has 0 atom stereocenters. The average Bonchev–Trinajstić information content (AvgIpc) is 2.04. The number of hydrogen-bond acceptors (Lipinski definition) is 1. The van der Waals surface area contributed by atoms with Crippen LogP contribution in [0, 0.1) is 0 Å². The van der Waals surface area contributed by atoms with Gasteiger partial charge in [-0.25, -0.2) is 4.39 Å². The number of halogens is 1. The van der Waals surface area contributed by atoms with E-state index >= 15 is 0 Å². The number of hydrogen-bond donors (Lipinski definition) is 0. The molecule has 0 saturated carbocycles. The summed E-state index contributed by atoms with van der Waals surface area (Å²) in [6.07, 6.45) is 0. The normalized spacial score (nSPS) is 9.64. The van der Waals surface area contributed by atoms with Gasteiger partial charge in [-0.15, -0.1) is 0 Å². The van der Waals surface area contributed by atoms with Gasteiger partial charge in [0.1, 0.15) is 6.67 Å². The van der Waals surface area contributed by atoms with Crippen LogP contribution < -0.4 is 0 Å². The number of alkyl halides is 1. The van der Waals surface area contributed by atoms with E-state index < -0.39 is 6.67 Å². The third kappa shape index (κ3) is 1.64. The monoisotopic (exact) mass is 152 g/mol. The molecule has 0 aliphatic rings. The molecular weight excluding hydrogens is 143 g/mol. The first kappa shape index (κ1) is 7.92. The number of Topliss-reactive ketones (excluding diaryl/α,β-unsaturated/α-hetero) is 1. The van der Waals surface area contributed by atoms with Crippen molar-refractivity contribution in [3.8, 4) is 0 Å². The molecule has 0 spiro atoms. The molecule has 1 rings (SSSR count). The van der Waals surface area contributed by atoms with Gasteiger partial charge in [0, 0.05) is 5.56 Å². The van der Waals surface area contributed by atoms with Crippen molar-refractivity contribution in [2.24, 2.45) is 0 Å². The van der Waals surface area contributed by atoms with E-state index in [1.54, 1.807) is 24.3 Å². The van der Waals surface area contributed by atoms with Crippen LogP contribution in [0.1, 0.15) is 22.8 Å². The van der Waals surface area contributed by atoms with Gasteiger partial charge in [0.05, 0.1) is 0 Å². The van der Waals surface area contributed by atoms with E-state index in [0.717, 1.165) is 0 Å². The molecule has 1 aromatic carbocycles. The molecule has 0 heterocycles. The van der Waals surface area contributed by atoms with Crippen molar-refractivity contribution in [1.29, 1.82) is 0 Å². The second kappa shape index (κ2) is 3.28. The van der Waals surface area contributed by atoms with Crippen LogP contribution in [0.4, 0.5) is 4.39 Å². The summed E-state index contributed by atoms with van der Waals surface area (Å²) >= 11 is 0. The van der Waals surface area contributed by atoms with Crippen LogP contribution in [-0.2, 0) is 6.67 Å². The molecule has 0 aliphatic heterocycles. The summed E-state index contributed by atoms with van der Waals surface area (Å²) < 4.78 is 12.2. The van der Waals surface area contributed by atoms with Gasteiger partial charge in [0.25, 0.3) is 0 Å². The predicted molar refractivity (Wildman–Crippen MR) is 41.3 cm³/mol. The van der Waals surface area contributed by atoms with Gasteiger partial charge in [0.15, 0.2) is 5.78 Å². The maximum atomic E-state index is 12.2. The van der Waals surface area contributed by atoms with Crippen LogP contribution in [0.2, 0.25) is 0 Å². The second-order valence-electron chi connectivity index (χ2n) is 2.35. The lowest BCUT2D eigenvalue weighted by Gasteiger charge is -1.99. The largest absolute Gasteiger partial charge is 0.294 e. The van der Waals surface area contributed by atoms with Gasteiger partial charge >= 0.3 is 0 Å². The molecule has 0 N–H and O–H groups in total. The van der Waals surface area contributed by atoms with Crippen LogP contribution in [0.15, 0.2) is 24.3 Å². The minimum Gasteiger partial charge on any atom is -0.294 e. The quantitative estimate of drug-likeness (QED) is 0.594. The highest BCUT2D eigenvalue weighted by molar-refractivity contribution is 5.95. The summed E-state index contributed by atoms with van der Waals surface area (Å²) in [6.45, 7) is 0.865. The highest BCUT2D eigenvalue weighted by Crippen LogP contribution is 2.10. The fourth-order valence-electron chi connectivity index (χ4n) is 0.980. The molecule has 1 aromatic rings. The smallest absolute Gasteiger partial charge is 0.160 e. The Morgan fingerprint density at radius 1 is 1.45 bits per heavy atom. The number of benzene rings is 1. The highest BCUT2D eigenvalue weighted by atomic mass is 19.1. The lowest BCUT2D eigenvalue weighted by molar-refractivity contribution is 0.101. The second-order valence-corrected chi connectivity index (χ2v) is 2.35. The molecule has 0 fully saturated rings. The first-order chi connectivity index (χ1) is 5.25. The first-order valence-electron chi connectivity index (χ1n) is 3.40. The summed E-state index contributed by atoms with van der Waals surface area (Å²) in [5, 5.41) is 0. The van der Waals surface area contributed by atoms with E-state index in [0.29, 0.717) is 11.1 Å². The Balaban J connectivity index is 3.12. The van der Waals surface area contributed by atoms with E-state index in [9.17, 15) is 9.18 Å². The third-order valence-electron chi connectivity index (χ3n) is 1.54. The zero-order valence-electron chi connectivity index (χ0n) is 6.30. The molecule has 0 saturated heterocycles. The van der Waals surface area contributed by atoms with E-state index in [1.165, 1.54) is 6.92 Å². The molecule has 0 aliphatic carbocycles. The van der Waals surface area contributed by atoms with Gasteiger partial charge in [-0.2, -0.15) is 0 Å². The Bertz CT molecular complexity index is 268. The van der Waals surface area contributed by atoms with Crippen LogP contribution in [-0.4, -0.2) is 5.78 Å². The Kier molecular flexibility index (Phi) is 2.36. The van der Waals surface area contributed by atoms with E-state index in [4.69, 9.17) is 0 Å². The summed E-state index contributed by atoms with van der Waals surface area (Å²) in [6, 6.07) is 6.71. The van der Waals surface area contributed by atoms with E-state index in [-0.39, 0.29) is 5.78 Å². The molecule has 0 aromatic heterocycles. The van der Waals surface area contributed by atoms with E-state index in [2.05, 4.69) is 0 Å². The summed E-state index contributed by atoms with van der Waals surface area (Å²) in [5.41, 5.74) is 0.954. The average molecular weight is 152 g/mol. The topological polar surface area (TPSA) is 17.1 Å². The third-order valence-corrected chi connectivity index (χ3v) is 1.54. The van der Waals surface area contributed by atoms with Crippen molar-refractivity contribution in [2.45, 2.75) is 13.6 Å². The Morgan fingerprint density at radius 3 is 2.55 bits per heavy atom. The zero-order chi connectivity index (χ0) is 8.27. The molecule has 1 nitrogen and oxygen atoms in total. The van der Waals surface area contributed by atoms with Gasteiger partial charge in [-0.05, 0) is 12.5 Å². The van der Waals surface area contributed by atoms with Crippen LogP contribution >= 0.6 is 0 Å². The van der Waals surface area contributed by atoms with Crippen LogP contribution in [0.5, 0.6) is 0 Å². The Hall–Kier alpha value is -1.18. The predicted octanol–water partition coefficient (Wildman–Crippen LogP) is 2.36. The first-order valence-corrected chi connectivity index (χ1v) is 3.40. The molecule has 0 unspecified atom stereocenters. The van der Waals surface area contributed by atoms with Gasteiger partial charge < -0.3 is 0 Å². The summed E-state index contributed by atoms with van der Waals surface area (Å²) in [7, 11) is 0. The van der Waals surface area contributed by atoms with Crippen molar-refractivity contribution in [3.63, 3.8) is 0 Å². The molecule has 0 amide bonds. The SMILES string of the molecule is CC(=O)c1ccccc1CF. The van der Waals surface area contributed by atoms with E-state index in [1.807, 2.05) is 0 Å². The van der Waals surface area contributed by atoms with Crippen LogP contribution in [0.25, 0.3) is 0 Å². The number of ketones is 1. The Labute approximate surface area is 64.9 Å². The van der Waals surface area contributed by atoms with Gasteiger partial charge in [-0.1, -0.05) is 24.3 Å². The lowest BCUT2D eigenvalue weighted by Crippen LogP contribution is -1.96. The minimum atomic E-state index is -0.574. The maximum Gasteiger partial charge on any atom is 0.160 e. The fourth-order valence-corrected chi connectivity index (χ4v) is 0.980. The summed E-state index contributed by atoms with van der Waals surface area (Å²) in [4.78, 5) is 10.9. The molecule has 58 valence electrons. The number of rotatable bonds is 2. The fraction of sp³-hybridized carbons (Fsp3) is 0.222. The standard InChI is InChI=1S/C9H9FO/c1-7(11)9-5-3-2-4-8(9)6-10/h2-5H,6H2,1H3. The van der Waals surface area contributed by atoms with Crippen molar-refractivity contribution in [2.75, 3.05) is 0 Å². The van der Waals surface area contributed by atoms with Crippen molar-refractivity contribution in [3.05, 3.63) is 35.4 Å². The van der Waals surface area contributed by atoms with Crippen molar-refractivity contribution in [1.82, 2.24) is 0 Å². The molecule has 0 radical (unpaired) electrons. The molecular formula is C9H9FO. The maximum absolute atomic E-state index is 12.2. The van der Waals surface area contributed by atoms with Crippen molar-refractivity contribution >= 4 is 5.78 Å². The Morgan fingerprint density at radius 2 is 2.09 bits per heavy atom. The van der Waals surface area contributed by atoms with Crippen LogP contribution in [0.3, 0.4) is 0 Å². The molecule has 0 bridgehead atoms. The minimum absolute atomic E-state index is 0.0850. The number of carbonyl (C=O) groups is 1. The number of carbonyl (C=O) groups excluding carboxylic acids is 1. The summed E-state index contributed by atoms with van der Waals surface area (Å²) in [5.74, 6) is -0.0850. The molecule has 2 heteroatoms. The molecule has 11 heavy (non-hydrogen) atoms.